The van der Waals surface area contributed by atoms with E-state index in [2.05, 4.69) is 27.9 Å². The molecular weight excluding hydrogens is 326 g/mol. The second-order valence-electron chi connectivity index (χ2n) is 6.37. The molecule has 7 nitrogen and oxygen atoms in total. The molecule has 136 valence electrons. The van der Waals surface area contributed by atoms with Gasteiger partial charge >= 0.3 is 0 Å². The van der Waals surface area contributed by atoms with E-state index in [0.29, 0.717) is 25.6 Å². The Labute approximate surface area is 145 Å². The van der Waals surface area contributed by atoms with E-state index in [-0.39, 0.29) is 0 Å². The van der Waals surface area contributed by atoms with Crippen LogP contribution in [0.1, 0.15) is 25.3 Å². The Bertz CT molecular complexity index is 645. The number of aliphatic imine (C=N–C) groups is 1. The van der Waals surface area contributed by atoms with Crippen molar-refractivity contribution in [3.05, 3.63) is 24.0 Å². The number of rotatable bonds is 6. The molecule has 0 saturated carbocycles. The van der Waals surface area contributed by atoms with E-state index in [4.69, 9.17) is 0 Å². The first-order valence-corrected chi connectivity index (χ1v) is 10.3. The Kier molecular flexibility index (Phi) is 6.68. The topological polar surface area (TPSA) is 78.7 Å². The van der Waals surface area contributed by atoms with Gasteiger partial charge in [0, 0.05) is 45.6 Å². The molecule has 0 bridgehead atoms. The Morgan fingerprint density at radius 2 is 2.04 bits per heavy atom. The molecule has 0 aromatic carbocycles. The summed E-state index contributed by atoms with van der Waals surface area (Å²) in [6.45, 7) is 5.55. The zero-order valence-corrected chi connectivity index (χ0v) is 15.6. The number of guanidine groups is 1. The summed E-state index contributed by atoms with van der Waals surface area (Å²) < 4.78 is 26.7. The molecule has 2 rings (SSSR count). The highest BCUT2D eigenvalue weighted by molar-refractivity contribution is 7.88. The molecule has 24 heavy (non-hydrogen) atoms. The molecule has 2 heterocycles. The maximum atomic E-state index is 11.5. The molecule has 0 atom stereocenters. The van der Waals surface area contributed by atoms with E-state index in [1.54, 1.807) is 4.31 Å². The van der Waals surface area contributed by atoms with Crippen LogP contribution in [-0.2, 0) is 23.6 Å². The number of aryl methyl sites for hydroxylation is 1. The van der Waals surface area contributed by atoms with Gasteiger partial charge in [-0.25, -0.2) is 17.7 Å². The summed E-state index contributed by atoms with van der Waals surface area (Å²) in [6.07, 6.45) is 7.14. The van der Waals surface area contributed by atoms with Crippen LogP contribution in [0.4, 0.5) is 0 Å². The van der Waals surface area contributed by atoms with Gasteiger partial charge < -0.3 is 15.2 Å². The van der Waals surface area contributed by atoms with Crippen LogP contribution in [0.25, 0.3) is 0 Å². The van der Waals surface area contributed by atoms with Crippen molar-refractivity contribution in [2.24, 2.45) is 18.0 Å². The van der Waals surface area contributed by atoms with Gasteiger partial charge in [-0.15, -0.1) is 0 Å². The summed E-state index contributed by atoms with van der Waals surface area (Å²) in [6, 6.07) is 2.06. The number of nitrogens with one attached hydrogen (secondary N) is 2. The van der Waals surface area contributed by atoms with Gasteiger partial charge in [0.25, 0.3) is 0 Å². The van der Waals surface area contributed by atoms with Gasteiger partial charge in [0.2, 0.25) is 10.0 Å². The van der Waals surface area contributed by atoms with Crippen LogP contribution in [0.15, 0.2) is 23.5 Å². The molecule has 0 unspecified atom stereocenters. The summed E-state index contributed by atoms with van der Waals surface area (Å²) >= 11 is 0. The Balaban J connectivity index is 1.81. The van der Waals surface area contributed by atoms with E-state index in [1.165, 1.54) is 11.8 Å². The van der Waals surface area contributed by atoms with Gasteiger partial charge in [0.15, 0.2) is 5.96 Å². The average molecular weight is 356 g/mol. The minimum Gasteiger partial charge on any atom is -0.357 e. The molecule has 8 heteroatoms. The SMILES string of the molecule is CCNC(=NCc1ccn(C)c1)NCC1CCN(S(C)(=O)=O)CC1. The highest BCUT2D eigenvalue weighted by Crippen LogP contribution is 2.18. The van der Waals surface area contributed by atoms with Crippen molar-refractivity contribution in [3.63, 3.8) is 0 Å². The summed E-state index contributed by atoms with van der Waals surface area (Å²) in [5.41, 5.74) is 1.18. The third kappa shape index (κ3) is 5.83. The Morgan fingerprint density at radius 1 is 1.33 bits per heavy atom. The standard InChI is InChI=1S/C16H29N5O2S/c1-4-17-16(19-12-15-5-8-20(2)13-15)18-11-14-6-9-21(10-7-14)24(3,22)23/h5,8,13-14H,4,6-7,9-12H2,1-3H3,(H2,17,18,19). The Morgan fingerprint density at radius 3 is 2.58 bits per heavy atom. The minimum atomic E-state index is -3.05. The third-order valence-electron chi connectivity index (χ3n) is 4.26. The van der Waals surface area contributed by atoms with E-state index >= 15 is 0 Å². The average Bonchev–Trinajstić information content (AvgIpc) is 2.95. The zero-order valence-electron chi connectivity index (χ0n) is 14.8. The second-order valence-corrected chi connectivity index (χ2v) is 8.35. The molecule has 1 fully saturated rings. The van der Waals surface area contributed by atoms with E-state index < -0.39 is 10.0 Å². The van der Waals surface area contributed by atoms with Gasteiger partial charge in [-0.3, -0.25) is 0 Å². The molecule has 1 aliphatic heterocycles. The number of hydrogen-bond donors (Lipinski definition) is 2. The van der Waals surface area contributed by atoms with Crippen LogP contribution in [0.3, 0.4) is 0 Å². The van der Waals surface area contributed by atoms with Crippen molar-refractivity contribution in [2.45, 2.75) is 26.3 Å². The molecule has 0 amide bonds. The van der Waals surface area contributed by atoms with Gasteiger partial charge in [-0.2, -0.15) is 0 Å². The summed E-state index contributed by atoms with van der Waals surface area (Å²) in [4.78, 5) is 4.61. The quantitative estimate of drug-likeness (QED) is 0.583. The molecular formula is C16H29N5O2S. The molecule has 0 aliphatic carbocycles. The minimum absolute atomic E-state index is 0.476. The van der Waals surface area contributed by atoms with Gasteiger partial charge in [-0.1, -0.05) is 0 Å². The second kappa shape index (κ2) is 8.53. The summed E-state index contributed by atoms with van der Waals surface area (Å²) in [5, 5.41) is 6.64. The first-order chi connectivity index (χ1) is 11.4. The lowest BCUT2D eigenvalue weighted by Gasteiger charge is -2.30. The zero-order chi connectivity index (χ0) is 17.6. The highest BCUT2D eigenvalue weighted by Gasteiger charge is 2.24. The fourth-order valence-electron chi connectivity index (χ4n) is 2.85. The molecule has 2 N–H and O–H groups in total. The smallest absolute Gasteiger partial charge is 0.211 e. The predicted molar refractivity (Wildman–Crippen MR) is 97.4 cm³/mol. The first kappa shape index (κ1) is 18.8. The lowest BCUT2D eigenvalue weighted by molar-refractivity contribution is 0.275. The van der Waals surface area contributed by atoms with Crippen molar-refractivity contribution in [1.82, 2.24) is 19.5 Å². The number of piperidine rings is 1. The monoisotopic (exact) mass is 355 g/mol. The maximum absolute atomic E-state index is 11.5. The Hall–Kier alpha value is -1.54. The van der Waals surface area contributed by atoms with Crippen LogP contribution in [0, 0.1) is 5.92 Å². The molecule has 1 saturated heterocycles. The molecule has 1 aromatic heterocycles. The largest absolute Gasteiger partial charge is 0.357 e. The van der Waals surface area contributed by atoms with E-state index in [9.17, 15) is 8.42 Å². The number of aromatic nitrogens is 1. The van der Waals surface area contributed by atoms with E-state index in [1.807, 2.05) is 24.7 Å². The number of sulfonamides is 1. The lowest BCUT2D eigenvalue weighted by atomic mass is 9.98. The summed E-state index contributed by atoms with van der Waals surface area (Å²) in [5.74, 6) is 1.29. The predicted octanol–water partition coefficient (Wildman–Crippen LogP) is 0.752. The number of hydrogen-bond acceptors (Lipinski definition) is 3. The van der Waals surface area contributed by atoms with Crippen LogP contribution in [0.5, 0.6) is 0 Å². The van der Waals surface area contributed by atoms with Crippen molar-refractivity contribution < 1.29 is 8.42 Å². The van der Waals surface area contributed by atoms with Crippen LogP contribution in [-0.4, -0.2) is 55.7 Å². The normalized spacial score (nSPS) is 17.9. The maximum Gasteiger partial charge on any atom is 0.211 e. The van der Waals surface area contributed by atoms with Crippen molar-refractivity contribution in [2.75, 3.05) is 32.4 Å². The molecule has 0 radical (unpaired) electrons. The van der Waals surface area contributed by atoms with Crippen LogP contribution < -0.4 is 10.6 Å². The van der Waals surface area contributed by atoms with Crippen molar-refractivity contribution in [1.29, 1.82) is 0 Å². The van der Waals surface area contributed by atoms with Gasteiger partial charge in [0.05, 0.1) is 12.8 Å². The van der Waals surface area contributed by atoms with Crippen molar-refractivity contribution in [3.8, 4) is 0 Å². The molecule has 1 aliphatic rings. The molecule has 0 spiro atoms. The third-order valence-corrected chi connectivity index (χ3v) is 5.56. The van der Waals surface area contributed by atoms with E-state index in [0.717, 1.165) is 31.9 Å². The fourth-order valence-corrected chi connectivity index (χ4v) is 3.73. The summed E-state index contributed by atoms with van der Waals surface area (Å²) in [7, 11) is -1.05. The first-order valence-electron chi connectivity index (χ1n) is 8.46. The van der Waals surface area contributed by atoms with Crippen LogP contribution >= 0.6 is 0 Å². The van der Waals surface area contributed by atoms with Crippen molar-refractivity contribution >= 4 is 16.0 Å². The number of nitrogens with zero attached hydrogens (tertiary/aromatic N) is 3. The van der Waals surface area contributed by atoms with Gasteiger partial charge in [-0.05, 0) is 37.3 Å². The molecule has 1 aromatic rings. The van der Waals surface area contributed by atoms with Crippen LogP contribution in [0.2, 0.25) is 0 Å². The fraction of sp³-hybridized carbons (Fsp3) is 0.688. The lowest BCUT2D eigenvalue weighted by Crippen LogP contribution is -2.44. The highest BCUT2D eigenvalue weighted by atomic mass is 32.2. The van der Waals surface area contributed by atoms with Gasteiger partial charge in [0.1, 0.15) is 0 Å².